The molecular formula is C14H32N4O. The van der Waals surface area contributed by atoms with Crippen molar-refractivity contribution < 1.29 is 5.11 Å². The maximum atomic E-state index is 9.09. The highest BCUT2D eigenvalue weighted by Crippen LogP contribution is 2.04. The number of nitrogens with zero attached hydrogens (tertiary/aromatic N) is 3. The van der Waals surface area contributed by atoms with Crippen LogP contribution in [0.5, 0.6) is 0 Å². The molecule has 0 aromatic heterocycles. The second kappa shape index (κ2) is 9.66. The van der Waals surface area contributed by atoms with Crippen LogP contribution in [0.25, 0.3) is 0 Å². The van der Waals surface area contributed by atoms with Crippen LogP contribution in [0.15, 0.2) is 0 Å². The van der Waals surface area contributed by atoms with Crippen molar-refractivity contribution in [2.24, 2.45) is 0 Å². The summed E-state index contributed by atoms with van der Waals surface area (Å²) in [6.07, 6.45) is 0.856. The van der Waals surface area contributed by atoms with E-state index in [2.05, 4.69) is 41.0 Å². The summed E-state index contributed by atoms with van der Waals surface area (Å²) >= 11 is 0. The standard InChI is InChI=1S/C14H32N4O/c1-4-15-14(5-12-19)13-18-10-8-17(9-11-18)7-6-16(2)3/h14-15,19H,4-13H2,1-3H3. The molecular weight excluding hydrogens is 240 g/mol. The summed E-state index contributed by atoms with van der Waals surface area (Å²) in [6, 6.07) is 0.434. The van der Waals surface area contributed by atoms with Gasteiger partial charge in [0.25, 0.3) is 0 Å². The van der Waals surface area contributed by atoms with Gasteiger partial charge in [-0.2, -0.15) is 0 Å². The van der Waals surface area contributed by atoms with Crippen molar-refractivity contribution in [1.82, 2.24) is 20.0 Å². The first-order valence-electron chi connectivity index (χ1n) is 7.59. The van der Waals surface area contributed by atoms with Gasteiger partial charge in [0, 0.05) is 58.5 Å². The van der Waals surface area contributed by atoms with Crippen molar-refractivity contribution in [3.05, 3.63) is 0 Å². The number of piperazine rings is 1. The minimum Gasteiger partial charge on any atom is -0.396 e. The molecule has 0 bridgehead atoms. The van der Waals surface area contributed by atoms with Crippen LogP contribution in [0.3, 0.4) is 0 Å². The molecule has 0 aromatic rings. The molecule has 0 aliphatic carbocycles. The Labute approximate surface area is 118 Å². The molecule has 19 heavy (non-hydrogen) atoms. The van der Waals surface area contributed by atoms with Crippen molar-refractivity contribution in [3.8, 4) is 0 Å². The van der Waals surface area contributed by atoms with Crippen LogP contribution in [0.1, 0.15) is 13.3 Å². The Bertz CT molecular complexity index is 211. The van der Waals surface area contributed by atoms with E-state index in [1.54, 1.807) is 0 Å². The Hall–Kier alpha value is -0.200. The van der Waals surface area contributed by atoms with E-state index < -0.39 is 0 Å². The highest BCUT2D eigenvalue weighted by molar-refractivity contribution is 4.77. The average Bonchev–Trinajstić information content (AvgIpc) is 2.38. The largest absolute Gasteiger partial charge is 0.396 e. The van der Waals surface area contributed by atoms with Crippen molar-refractivity contribution in [2.75, 3.05) is 73.1 Å². The van der Waals surface area contributed by atoms with Gasteiger partial charge in [0.1, 0.15) is 0 Å². The molecule has 0 spiro atoms. The van der Waals surface area contributed by atoms with E-state index in [-0.39, 0.29) is 6.61 Å². The molecule has 1 unspecified atom stereocenters. The van der Waals surface area contributed by atoms with Crippen LogP contribution in [0, 0.1) is 0 Å². The number of aliphatic hydroxyl groups excluding tert-OH is 1. The third-order valence-corrected chi connectivity index (χ3v) is 3.78. The molecule has 0 saturated carbocycles. The predicted molar refractivity (Wildman–Crippen MR) is 80.6 cm³/mol. The lowest BCUT2D eigenvalue weighted by molar-refractivity contribution is 0.113. The molecule has 5 heteroatoms. The van der Waals surface area contributed by atoms with Crippen LogP contribution in [-0.2, 0) is 0 Å². The van der Waals surface area contributed by atoms with Crippen molar-refractivity contribution in [2.45, 2.75) is 19.4 Å². The van der Waals surface area contributed by atoms with E-state index in [0.717, 1.165) is 39.1 Å². The highest BCUT2D eigenvalue weighted by Gasteiger charge is 2.19. The lowest BCUT2D eigenvalue weighted by Gasteiger charge is -2.37. The molecule has 1 saturated heterocycles. The normalized spacial score (nSPS) is 20.1. The van der Waals surface area contributed by atoms with Gasteiger partial charge in [0.15, 0.2) is 0 Å². The zero-order chi connectivity index (χ0) is 14.1. The summed E-state index contributed by atoms with van der Waals surface area (Å²) in [5, 5.41) is 12.5. The van der Waals surface area contributed by atoms with Crippen LogP contribution >= 0.6 is 0 Å². The molecule has 1 heterocycles. The monoisotopic (exact) mass is 272 g/mol. The number of hydrogen-bond acceptors (Lipinski definition) is 5. The van der Waals surface area contributed by atoms with E-state index in [1.807, 2.05) is 0 Å². The number of rotatable bonds is 9. The molecule has 5 nitrogen and oxygen atoms in total. The van der Waals surface area contributed by atoms with Crippen molar-refractivity contribution >= 4 is 0 Å². The zero-order valence-electron chi connectivity index (χ0n) is 12.9. The Morgan fingerprint density at radius 2 is 1.79 bits per heavy atom. The van der Waals surface area contributed by atoms with Gasteiger partial charge in [0.2, 0.25) is 0 Å². The molecule has 1 aliphatic heterocycles. The summed E-state index contributed by atoms with van der Waals surface area (Å²) in [6.45, 7) is 11.4. The predicted octanol–water partition coefficient (Wildman–Crippen LogP) is -0.474. The number of hydrogen-bond donors (Lipinski definition) is 2. The van der Waals surface area contributed by atoms with Gasteiger partial charge in [-0.25, -0.2) is 0 Å². The van der Waals surface area contributed by atoms with Gasteiger partial charge >= 0.3 is 0 Å². The van der Waals surface area contributed by atoms with Gasteiger partial charge in [0.05, 0.1) is 0 Å². The second-order valence-corrected chi connectivity index (χ2v) is 5.71. The fourth-order valence-corrected chi connectivity index (χ4v) is 2.55. The first-order valence-corrected chi connectivity index (χ1v) is 7.59. The Morgan fingerprint density at radius 3 is 2.32 bits per heavy atom. The highest BCUT2D eigenvalue weighted by atomic mass is 16.3. The summed E-state index contributed by atoms with van der Waals surface area (Å²) in [4.78, 5) is 7.31. The molecule has 1 rings (SSSR count). The zero-order valence-corrected chi connectivity index (χ0v) is 12.9. The third kappa shape index (κ3) is 7.22. The van der Waals surface area contributed by atoms with Gasteiger partial charge in [-0.05, 0) is 27.1 Å². The van der Waals surface area contributed by atoms with Crippen molar-refractivity contribution in [3.63, 3.8) is 0 Å². The fourth-order valence-electron chi connectivity index (χ4n) is 2.55. The molecule has 2 N–H and O–H groups in total. The van der Waals surface area contributed by atoms with Crippen LogP contribution in [0.4, 0.5) is 0 Å². The molecule has 0 radical (unpaired) electrons. The summed E-state index contributed by atoms with van der Waals surface area (Å²) in [5.74, 6) is 0. The van der Waals surface area contributed by atoms with E-state index >= 15 is 0 Å². The minimum absolute atomic E-state index is 0.278. The Morgan fingerprint density at radius 1 is 1.16 bits per heavy atom. The molecule has 0 aromatic carbocycles. The first kappa shape index (κ1) is 16.9. The fraction of sp³-hybridized carbons (Fsp3) is 1.00. The SMILES string of the molecule is CCNC(CCO)CN1CCN(CCN(C)C)CC1. The van der Waals surface area contributed by atoms with Crippen LogP contribution < -0.4 is 5.32 Å². The Kier molecular flexibility index (Phi) is 8.57. The molecule has 1 aliphatic rings. The smallest absolute Gasteiger partial charge is 0.0446 e. The quantitative estimate of drug-likeness (QED) is 0.594. The number of aliphatic hydroxyl groups is 1. The van der Waals surface area contributed by atoms with Crippen LogP contribution in [-0.4, -0.2) is 98.9 Å². The second-order valence-electron chi connectivity index (χ2n) is 5.71. The van der Waals surface area contributed by atoms with Gasteiger partial charge in [-0.15, -0.1) is 0 Å². The van der Waals surface area contributed by atoms with E-state index in [4.69, 9.17) is 5.11 Å². The first-order chi connectivity index (χ1) is 9.15. The molecule has 1 fully saturated rings. The minimum atomic E-state index is 0.278. The third-order valence-electron chi connectivity index (χ3n) is 3.78. The molecule has 1 atom stereocenters. The van der Waals surface area contributed by atoms with Crippen molar-refractivity contribution in [1.29, 1.82) is 0 Å². The maximum absolute atomic E-state index is 9.09. The van der Waals surface area contributed by atoms with E-state index in [0.29, 0.717) is 6.04 Å². The molecule has 0 amide bonds. The molecule has 114 valence electrons. The number of likely N-dealkylation sites (N-methyl/N-ethyl adjacent to an activating group) is 2. The van der Waals surface area contributed by atoms with E-state index in [9.17, 15) is 0 Å². The van der Waals surface area contributed by atoms with Gasteiger partial charge in [-0.3, -0.25) is 9.80 Å². The topological polar surface area (TPSA) is 42.0 Å². The lowest BCUT2D eigenvalue weighted by Crippen LogP contribution is -2.51. The van der Waals surface area contributed by atoms with Gasteiger partial charge in [-0.1, -0.05) is 6.92 Å². The summed E-state index contributed by atoms with van der Waals surface area (Å²) in [5.41, 5.74) is 0. The summed E-state index contributed by atoms with van der Waals surface area (Å²) < 4.78 is 0. The van der Waals surface area contributed by atoms with Crippen LogP contribution in [0.2, 0.25) is 0 Å². The van der Waals surface area contributed by atoms with Gasteiger partial charge < -0.3 is 15.3 Å². The lowest BCUT2D eigenvalue weighted by atomic mass is 10.2. The number of nitrogens with one attached hydrogen (secondary N) is 1. The summed E-state index contributed by atoms with van der Waals surface area (Å²) in [7, 11) is 4.26. The Balaban J connectivity index is 2.21. The van der Waals surface area contributed by atoms with E-state index in [1.165, 1.54) is 19.6 Å². The maximum Gasteiger partial charge on any atom is 0.0446 e. The average molecular weight is 272 g/mol.